The summed E-state index contributed by atoms with van der Waals surface area (Å²) in [5, 5.41) is 259. The van der Waals surface area contributed by atoms with Gasteiger partial charge in [-0.2, -0.15) is 0 Å². The lowest BCUT2D eigenvalue weighted by atomic mass is 9.94. The molecule has 3 amide bonds. The van der Waals surface area contributed by atoms with Crippen molar-refractivity contribution in [2.45, 2.75) is 266 Å². The van der Waals surface area contributed by atoms with E-state index in [-0.39, 0.29) is 0 Å². The zero-order valence-corrected chi connectivity index (χ0v) is 52.4. The fourth-order valence-corrected chi connectivity index (χ4v) is 12.6. The van der Waals surface area contributed by atoms with E-state index in [4.69, 9.17) is 71.1 Å². The molecule has 568 valence electrons. The molecule has 8 fully saturated rings. The van der Waals surface area contributed by atoms with Gasteiger partial charge >= 0.3 is 0 Å². The van der Waals surface area contributed by atoms with Crippen LogP contribution in [0, 0.1) is 0 Å². The van der Waals surface area contributed by atoms with E-state index in [0.29, 0.717) is 0 Å². The highest BCUT2D eigenvalue weighted by atomic mass is 16.8. The average molecular weight is 1440 g/mol. The van der Waals surface area contributed by atoms with E-state index >= 15 is 0 Å². The fourth-order valence-electron chi connectivity index (χ4n) is 12.6. The van der Waals surface area contributed by atoms with Crippen LogP contribution >= 0.6 is 0 Å². The summed E-state index contributed by atoms with van der Waals surface area (Å²) >= 11 is 0. The highest BCUT2D eigenvalue weighted by Gasteiger charge is 2.60. The maximum Gasteiger partial charge on any atom is 0.217 e. The van der Waals surface area contributed by atoms with Gasteiger partial charge in [-0.25, -0.2) is 0 Å². The second-order valence-corrected chi connectivity index (χ2v) is 24.6. The number of carbonyl (C=O) groups is 3. The summed E-state index contributed by atoms with van der Waals surface area (Å²) < 4.78 is 87.8. The van der Waals surface area contributed by atoms with Crippen LogP contribution in [0.3, 0.4) is 0 Å². The number of ether oxygens (including phenoxy) is 15. The fraction of sp³-hybridized carbons (Fsp3) is 0.944. The zero-order valence-electron chi connectivity index (χ0n) is 52.4. The van der Waals surface area contributed by atoms with Gasteiger partial charge in [0, 0.05) is 20.8 Å². The predicted octanol–water partition coefficient (Wildman–Crippen LogP) is -18.0. The molecule has 0 unspecified atom stereocenters. The average Bonchev–Trinajstić information content (AvgIpc) is 0.823. The highest BCUT2D eigenvalue weighted by Crippen LogP contribution is 2.39. The molecule has 98 heavy (non-hydrogen) atoms. The Kier molecular flexibility index (Phi) is 28.9. The van der Waals surface area contributed by atoms with Crippen molar-refractivity contribution in [2.24, 2.45) is 0 Å². The van der Waals surface area contributed by atoms with Crippen LogP contribution in [0.15, 0.2) is 0 Å². The van der Waals surface area contributed by atoms with Gasteiger partial charge in [0.1, 0.15) is 195 Å². The second kappa shape index (κ2) is 35.1. The zero-order chi connectivity index (χ0) is 72.2. The molecule has 40 atom stereocenters. The van der Waals surface area contributed by atoms with Crippen LogP contribution in [0.25, 0.3) is 0 Å². The molecule has 8 rings (SSSR count). The van der Waals surface area contributed by atoms with Gasteiger partial charge in [0.25, 0.3) is 0 Å². The number of carbonyl (C=O) groups excluding carboxylic acids is 3. The summed E-state index contributed by atoms with van der Waals surface area (Å²) in [4.78, 5) is 37.7. The first kappa shape index (κ1) is 80.6. The molecule has 0 aromatic carbocycles. The molecule has 0 aliphatic carbocycles. The van der Waals surface area contributed by atoms with Gasteiger partial charge in [-0.05, 0) is 0 Å². The van der Waals surface area contributed by atoms with E-state index < -0.39 is 316 Å². The molecule has 44 heteroatoms. The van der Waals surface area contributed by atoms with E-state index in [1.807, 2.05) is 0 Å². The third-order valence-corrected chi connectivity index (χ3v) is 17.8. The summed E-state index contributed by atoms with van der Waals surface area (Å²) in [5.74, 6) is -2.58. The molecule has 0 saturated carbocycles. The van der Waals surface area contributed by atoms with Crippen LogP contribution in [0.1, 0.15) is 20.8 Å². The maximum absolute atomic E-state index is 12.9. The molecule has 0 aromatic heterocycles. The lowest BCUT2D eigenvalue weighted by molar-refractivity contribution is -0.399. The van der Waals surface area contributed by atoms with Crippen molar-refractivity contribution in [3.63, 3.8) is 0 Å². The topological polar surface area (TPSA) is 691 Å². The van der Waals surface area contributed by atoms with Crippen LogP contribution in [-0.4, -0.2) is 433 Å². The Morgan fingerprint density at radius 3 is 0.959 bits per heavy atom. The number of aliphatic hydroxyl groups is 23. The first-order valence-electron chi connectivity index (χ1n) is 31.1. The van der Waals surface area contributed by atoms with Gasteiger partial charge in [-0.3, -0.25) is 14.4 Å². The standard InChI is InChI=1S/C54H91N3O41/c1-12(65)55-23-31(73)41(19(8-62)85-47(23)83)93-48-24(56-13(2)66)32(74)43(21(10-64)90-48)95-52-40(82)44(96-54-46(37(79)29(71)18(7-61)89-54)98-51-39(81)35(77)27(69)16(5-59)87-51)30(72)22(92-52)11-84-53-45(36(78)28(70)17(6-60)88-53)97-49-25(57-14(3)67)33(75)42(20(9-63)91-49)94-50-38(80)34(76)26(68)15(4-58)86-50/h15-54,58-64,68-83H,4-11H2,1-3H3,(H,55,65)(H,56,66)(H,57,67)/t15-,16-,17-,18-,19-,20-,21-,22-,23-,24-,25-,26+,27-,28-,29-,30-,31-,32-,33-,34+,35+,36+,37+,38-,39+,40+,41-,42-,43-,44+,45+,46+,47-,48+,49+,50+,51+,52+,53+,54-/m1/s1. The number of rotatable bonds is 25. The molecule has 8 aliphatic heterocycles. The molecule has 8 heterocycles. The minimum Gasteiger partial charge on any atom is -0.394 e. The second-order valence-electron chi connectivity index (χ2n) is 24.6. The molecular weight excluding hydrogens is 1350 g/mol. The third kappa shape index (κ3) is 17.5. The molecule has 0 bridgehead atoms. The van der Waals surface area contributed by atoms with Crippen molar-refractivity contribution in [3.8, 4) is 0 Å². The number of aliphatic hydroxyl groups excluding tert-OH is 23. The Bertz CT molecular complexity index is 2510. The Morgan fingerprint density at radius 2 is 0.551 bits per heavy atom. The van der Waals surface area contributed by atoms with E-state index in [0.717, 1.165) is 20.8 Å². The van der Waals surface area contributed by atoms with Gasteiger partial charge in [-0.1, -0.05) is 0 Å². The molecule has 8 saturated heterocycles. The van der Waals surface area contributed by atoms with Crippen molar-refractivity contribution < 1.29 is 203 Å². The van der Waals surface area contributed by atoms with E-state index in [1.165, 1.54) is 0 Å². The monoisotopic (exact) mass is 1440 g/mol. The number of nitrogens with one attached hydrogen (secondary N) is 3. The van der Waals surface area contributed by atoms with Crippen molar-refractivity contribution in [3.05, 3.63) is 0 Å². The minimum atomic E-state index is -2.49. The van der Waals surface area contributed by atoms with Gasteiger partial charge in [-0.15, -0.1) is 0 Å². The highest BCUT2D eigenvalue weighted by molar-refractivity contribution is 5.74. The lowest BCUT2D eigenvalue weighted by Crippen LogP contribution is -2.70. The van der Waals surface area contributed by atoms with Gasteiger partial charge < -0.3 is 204 Å². The van der Waals surface area contributed by atoms with Crippen LogP contribution in [0.4, 0.5) is 0 Å². The largest absolute Gasteiger partial charge is 0.394 e. The first-order chi connectivity index (χ1) is 46.4. The molecule has 0 radical (unpaired) electrons. The van der Waals surface area contributed by atoms with Crippen molar-refractivity contribution >= 4 is 17.7 Å². The summed E-state index contributed by atoms with van der Waals surface area (Å²) in [6.07, 6.45) is -75.5. The molecule has 44 nitrogen and oxygen atoms in total. The smallest absolute Gasteiger partial charge is 0.217 e. The maximum atomic E-state index is 12.9. The molecule has 0 spiro atoms. The van der Waals surface area contributed by atoms with Crippen molar-refractivity contribution in [1.29, 1.82) is 0 Å². The summed E-state index contributed by atoms with van der Waals surface area (Å²) in [5.41, 5.74) is 0. The van der Waals surface area contributed by atoms with E-state index in [2.05, 4.69) is 16.0 Å². The summed E-state index contributed by atoms with van der Waals surface area (Å²) in [6.45, 7) is -5.50. The number of hydrogen-bond donors (Lipinski definition) is 26. The third-order valence-electron chi connectivity index (χ3n) is 17.8. The van der Waals surface area contributed by atoms with Crippen LogP contribution in [0.2, 0.25) is 0 Å². The lowest BCUT2D eigenvalue weighted by Gasteiger charge is -2.51. The van der Waals surface area contributed by atoms with Crippen molar-refractivity contribution in [1.82, 2.24) is 16.0 Å². The summed E-state index contributed by atoms with van der Waals surface area (Å²) in [6, 6.07) is -5.35. The van der Waals surface area contributed by atoms with E-state index in [9.17, 15) is 132 Å². The Balaban J connectivity index is 1.12. The van der Waals surface area contributed by atoms with Gasteiger partial charge in [0.15, 0.2) is 50.3 Å². The quantitative estimate of drug-likeness (QED) is 0.0404. The van der Waals surface area contributed by atoms with Crippen LogP contribution in [0.5, 0.6) is 0 Å². The normalized spacial score (nSPS) is 49.5. The SMILES string of the molecule is CC(=O)N[C@@H]1[C@@H](O)[C@H](O[C@@H]2O[C@H](CO)[C@@H](O[C@@H]3O[C@H](CO[C@H]4O[C@H](CO)[C@@H](O)[C@H](O)[C@@H]4O[C@@H]4O[C@H](CO)[C@@H](O[C@@H]5O[C@H](CO)[C@H](O)[C@H](O)[C@H]5O)[C@H](O)[C@H]4NC(C)=O)[C@@H](O)[C@H](O[C@H]4O[C@H](CO)[C@@H](O)[C@H](O)[C@@H]4O[C@@H]4O[C@H](CO)[C@@H](O)[C@H](O)[C@@H]4O)[C@@H]3O)[C@H](O)[C@H]2NC(C)=O)[C@@H](CO)O[C@H]1O. The molecule has 26 N–H and O–H groups in total. The van der Waals surface area contributed by atoms with Crippen molar-refractivity contribution in [2.75, 3.05) is 52.9 Å². The Hall–Kier alpha value is -3.11. The number of hydrogen-bond acceptors (Lipinski definition) is 41. The minimum absolute atomic E-state index is 0.766. The first-order valence-corrected chi connectivity index (χ1v) is 31.1. The van der Waals surface area contributed by atoms with E-state index in [1.54, 1.807) is 0 Å². The Morgan fingerprint density at radius 1 is 0.265 bits per heavy atom. The predicted molar refractivity (Wildman–Crippen MR) is 299 cm³/mol. The molecule has 0 aromatic rings. The van der Waals surface area contributed by atoms with Crippen LogP contribution < -0.4 is 16.0 Å². The van der Waals surface area contributed by atoms with Crippen LogP contribution in [-0.2, 0) is 85.4 Å². The van der Waals surface area contributed by atoms with Gasteiger partial charge in [0.2, 0.25) is 17.7 Å². The Labute approximate surface area is 554 Å². The summed E-state index contributed by atoms with van der Waals surface area (Å²) in [7, 11) is 0. The molecule has 8 aliphatic rings. The number of amides is 3. The molecular formula is C54H91N3O41. The van der Waals surface area contributed by atoms with Gasteiger partial charge in [0.05, 0.1) is 52.9 Å².